The van der Waals surface area contributed by atoms with Crippen LogP contribution in [0, 0.1) is 18.8 Å². The van der Waals surface area contributed by atoms with Crippen LogP contribution in [0.3, 0.4) is 0 Å². The minimum atomic E-state index is -0.813. The van der Waals surface area contributed by atoms with Crippen LogP contribution in [0.25, 0.3) is 16.2 Å². The standard InChI is InChI=1S/C24H25N3O2S/c1-7-8-18-10-12-21-19(13-18)16(3)20(30-21)11-9-15(2)24(5)14-22(29)27(6)23(26-24)25-17(4)28/h9-13H,2,14H2,1,3-6H3,(H,25,26,28)/b11-9-/t24-/m0/s1. The van der Waals surface area contributed by atoms with Gasteiger partial charge >= 0.3 is 0 Å². The Kier molecular flexibility index (Phi) is 5.95. The topological polar surface area (TPSA) is 61.8 Å². The summed E-state index contributed by atoms with van der Waals surface area (Å²) in [7, 11) is 1.60. The van der Waals surface area contributed by atoms with E-state index in [2.05, 4.69) is 47.8 Å². The van der Waals surface area contributed by atoms with Crippen molar-refractivity contribution in [3.63, 3.8) is 0 Å². The van der Waals surface area contributed by atoms with Crippen LogP contribution in [-0.4, -0.2) is 35.3 Å². The van der Waals surface area contributed by atoms with Crippen LogP contribution in [-0.2, 0) is 9.59 Å². The summed E-state index contributed by atoms with van der Waals surface area (Å²) in [5.41, 5.74) is 2.09. The minimum Gasteiger partial charge on any atom is -0.296 e. The van der Waals surface area contributed by atoms with Crippen LogP contribution in [0.5, 0.6) is 0 Å². The van der Waals surface area contributed by atoms with Gasteiger partial charge in [-0.2, -0.15) is 0 Å². The van der Waals surface area contributed by atoms with Crippen molar-refractivity contribution < 1.29 is 9.59 Å². The number of carbonyl (C=O) groups excluding carboxylic acids is 2. The smallest absolute Gasteiger partial charge is 0.231 e. The van der Waals surface area contributed by atoms with E-state index in [0.29, 0.717) is 5.57 Å². The molecule has 1 aliphatic rings. The predicted octanol–water partition coefficient (Wildman–Crippen LogP) is 4.26. The normalized spacial score (nSPS) is 18.9. The van der Waals surface area contributed by atoms with Crippen molar-refractivity contribution in [2.75, 3.05) is 7.05 Å². The average molecular weight is 420 g/mol. The summed E-state index contributed by atoms with van der Waals surface area (Å²) in [5, 5.41) is 3.82. The predicted molar refractivity (Wildman–Crippen MR) is 124 cm³/mol. The largest absolute Gasteiger partial charge is 0.296 e. The molecular weight excluding hydrogens is 394 g/mol. The second kappa shape index (κ2) is 8.29. The maximum atomic E-state index is 12.5. The number of nitrogens with zero attached hydrogens (tertiary/aromatic N) is 2. The Morgan fingerprint density at radius 2 is 2.17 bits per heavy atom. The van der Waals surface area contributed by atoms with Crippen molar-refractivity contribution in [1.29, 1.82) is 0 Å². The molecule has 2 heterocycles. The molecule has 1 aliphatic heterocycles. The Labute approximate surface area is 181 Å². The summed E-state index contributed by atoms with van der Waals surface area (Å²) in [5.74, 6) is 5.90. The Morgan fingerprint density at radius 3 is 2.83 bits per heavy atom. The number of guanidine groups is 1. The van der Waals surface area contributed by atoms with Crippen molar-refractivity contribution in [2.45, 2.75) is 39.7 Å². The van der Waals surface area contributed by atoms with E-state index in [-0.39, 0.29) is 24.2 Å². The monoisotopic (exact) mass is 419 g/mol. The van der Waals surface area contributed by atoms with Gasteiger partial charge in [0.15, 0.2) is 0 Å². The Morgan fingerprint density at radius 1 is 1.43 bits per heavy atom. The molecule has 0 bridgehead atoms. The molecule has 6 heteroatoms. The fourth-order valence-corrected chi connectivity index (χ4v) is 4.40. The molecule has 1 aromatic carbocycles. The third kappa shape index (κ3) is 4.22. The van der Waals surface area contributed by atoms with Gasteiger partial charge in [-0.25, -0.2) is 4.99 Å². The van der Waals surface area contributed by atoms with E-state index in [1.54, 1.807) is 18.4 Å². The molecule has 1 aromatic heterocycles. The Hall–Kier alpha value is -3.17. The van der Waals surface area contributed by atoms with Crippen LogP contribution in [0.1, 0.15) is 43.2 Å². The lowest BCUT2D eigenvalue weighted by molar-refractivity contribution is -0.128. The van der Waals surface area contributed by atoms with Crippen molar-refractivity contribution in [3.05, 3.63) is 52.4 Å². The summed E-state index contributed by atoms with van der Waals surface area (Å²) < 4.78 is 1.20. The van der Waals surface area contributed by atoms with Gasteiger partial charge in [-0.15, -0.1) is 17.3 Å². The van der Waals surface area contributed by atoms with E-state index < -0.39 is 5.54 Å². The summed E-state index contributed by atoms with van der Waals surface area (Å²) in [4.78, 5) is 31.0. The zero-order chi connectivity index (χ0) is 22.1. The maximum Gasteiger partial charge on any atom is 0.231 e. The molecule has 1 atom stereocenters. The first-order valence-corrected chi connectivity index (χ1v) is 10.4. The maximum absolute atomic E-state index is 12.5. The minimum absolute atomic E-state index is 0.117. The van der Waals surface area contributed by atoms with Crippen LogP contribution in [0.15, 0.2) is 41.4 Å². The highest BCUT2D eigenvalue weighted by Crippen LogP contribution is 2.34. The van der Waals surface area contributed by atoms with Crippen molar-refractivity contribution >= 4 is 45.3 Å². The van der Waals surface area contributed by atoms with Gasteiger partial charge in [0.1, 0.15) is 0 Å². The number of rotatable bonds is 3. The van der Waals surface area contributed by atoms with Crippen molar-refractivity contribution in [1.82, 2.24) is 10.2 Å². The fourth-order valence-electron chi connectivity index (χ4n) is 3.31. The Bertz CT molecular complexity index is 1180. The van der Waals surface area contributed by atoms with E-state index >= 15 is 0 Å². The molecule has 154 valence electrons. The van der Waals surface area contributed by atoms with Crippen LogP contribution in [0.2, 0.25) is 0 Å². The van der Waals surface area contributed by atoms with E-state index in [9.17, 15) is 9.59 Å². The summed E-state index contributed by atoms with van der Waals surface area (Å²) in [6.45, 7) is 11.3. The fraction of sp³-hybridized carbons (Fsp3) is 0.292. The highest BCUT2D eigenvalue weighted by Gasteiger charge is 2.37. The van der Waals surface area contributed by atoms with Crippen LogP contribution < -0.4 is 5.32 Å². The second-order valence-electron chi connectivity index (χ2n) is 7.56. The number of thiophene rings is 1. The number of amides is 2. The van der Waals surface area contributed by atoms with Crippen LogP contribution in [0.4, 0.5) is 0 Å². The summed E-state index contributed by atoms with van der Waals surface area (Å²) in [6.07, 6.45) is 4.13. The van der Waals surface area contributed by atoms with Gasteiger partial charge in [-0.1, -0.05) is 18.6 Å². The first-order chi connectivity index (χ1) is 14.1. The average Bonchev–Trinajstić information content (AvgIpc) is 2.99. The third-order valence-electron chi connectivity index (χ3n) is 5.20. The highest BCUT2D eigenvalue weighted by molar-refractivity contribution is 7.20. The molecule has 5 nitrogen and oxygen atoms in total. The number of hydrogen-bond acceptors (Lipinski definition) is 4. The van der Waals surface area contributed by atoms with E-state index in [0.717, 1.165) is 10.4 Å². The number of fused-ring (bicyclic) bond motifs is 1. The van der Waals surface area contributed by atoms with E-state index in [4.69, 9.17) is 0 Å². The van der Waals surface area contributed by atoms with Crippen molar-refractivity contribution in [3.8, 4) is 11.8 Å². The molecule has 1 N–H and O–H groups in total. The molecule has 0 fully saturated rings. The zero-order valence-corrected chi connectivity index (χ0v) is 18.7. The highest BCUT2D eigenvalue weighted by atomic mass is 32.1. The molecule has 0 saturated heterocycles. The van der Waals surface area contributed by atoms with Gasteiger partial charge in [0.25, 0.3) is 0 Å². The number of benzene rings is 1. The zero-order valence-electron chi connectivity index (χ0n) is 17.9. The quantitative estimate of drug-likeness (QED) is 0.597. The van der Waals surface area contributed by atoms with Crippen molar-refractivity contribution in [2.24, 2.45) is 4.99 Å². The molecule has 0 unspecified atom stereocenters. The molecule has 0 saturated carbocycles. The number of carbonyl (C=O) groups is 2. The number of hydrogen-bond donors (Lipinski definition) is 1. The Balaban J connectivity index is 1.91. The molecule has 0 aliphatic carbocycles. The lowest BCUT2D eigenvalue weighted by atomic mass is 9.88. The van der Waals surface area contributed by atoms with Gasteiger partial charge in [0, 0.05) is 29.1 Å². The van der Waals surface area contributed by atoms with Crippen LogP contribution >= 0.6 is 11.3 Å². The first-order valence-electron chi connectivity index (χ1n) is 9.62. The summed E-state index contributed by atoms with van der Waals surface area (Å²) >= 11 is 1.70. The van der Waals surface area contributed by atoms with E-state index in [1.165, 1.54) is 27.5 Å². The molecule has 0 spiro atoms. The lowest BCUT2D eigenvalue weighted by Crippen LogP contribution is -2.52. The number of aliphatic imine (C=N–C) groups is 1. The van der Waals surface area contributed by atoms with Gasteiger partial charge in [-0.3, -0.25) is 19.8 Å². The lowest BCUT2D eigenvalue weighted by Gasteiger charge is -2.35. The number of nitrogens with one attached hydrogen (secondary N) is 1. The molecule has 2 amide bonds. The molecule has 0 radical (unpaired) electrons. The molecule has 30 heavy (non-hydrogen) atoms. The first kappa shape index (κ1) is 21.5. The van der Waals surface area contributed by atoms with Gasteiger partial charge in [0.2, 0.25) is 17.8 Å². The molecule has 3 rings (SSSR count). The SMILES string of the molecule is C=C(/C=C\c1sc2ccc(C#CC)cc2c1C)[C@]1(C)CC(=O)N(C)C(NC(C)=O)=N1. The van der Waals surface area contributed by atoms with E-state index in [1.807, 2.05) is 32.1 Å². The van der Waals surface area contributed by atoms with Gasteiger partial charge in [0.05, 0.1) is 12.0 Å². The third-order valence-corrected chi connectivity index (χ3v) is 6.44. The molecular formula is C24H25N3O2S. The molecule has 2 aromatic rings. The van der Waals surface area contributed by atoms with Gasteiger partial charge in [-0.05, 0) is 61.6 Å². The number of aryl methyl sites for hydroxylation is 1. The second-order valence-corrected chi connectivity index (χ2v) is 8.64. The summed E-state index contributed by atoms with van der Waals surface area (Å²) in [6, 6.07) is 6.25. The van der Waals surface area contributed by atoms with Gasteiger partial charge < -0.3 is 0 Å².